The van der Waals surface area contributed by atoms with Gasteiger partial charge in [-0.05, 0) is 112 Å². The summed E-state index contributed by atoms with van der Waals surface area (Å²) >= 11 is 0. The molecule has 540 valence electrons. The number of hydrogen-bond acceptors (Lipinski definition) is 15. The first-order valence-electron chi connectivity index (χ1n) is 34.3. The van der Waals surface area contributed by atoms with Gasteiger partial charge in [-0.2, -0.15) is 0 Å². The Balaban J connectivity index is 1.74. The van der Waals surface area contributed by atoms with E-state index in [1.807, 2.05) is 83.1 Å². The number of nitrogens with zero attached hydrogens (tertiary/aromatic N) is 2. The number of nitrogens with one attached hydrogen (secondary N) is 10. The van der Waals surface area contributed by atoms with Crippen molar-refractivity contribution >= 4 is 76.8 Å². The van der Waals surface area contributed by atoms with Crippen LogP contribution in [0.5, 0.6) is 0 Å². The van der Waals surface area contributed by atoms with E-state index in [1.165, 1.54) is 16.7 Å². The molecule has 0 aliphatic carbocycles. The van der Waals surface area contributed by atoms with Crippen LogP contribution in [-0.2, 0) is 68.7 Å². The predicted molar refractivity (Wildman–Crippen MR) is 361 cm³/mol. The summed E-state index contributed by atoms with van der Waals surface area (Å²) in [7, 11) is 0. The average Bonchev–Trinajstić information content (AvgIpc) is 1.62. The lowest BCUT2D eigenvalue weighted by atomic mass is 9.97. The van der Waals surface area contributed by atoms with Crippen LogP contribution in [0.4, 0.5) is 0 Å². The van der Waals surface area contributed by atoms with Gasteiger partial charge in [0.05, 0.1) is 25.2 Å². The molecule has 2 fully saturated rings. The van der Waals surface area contributed by atoms with E-state index in [9.17, 15) is 67.4 Å². The average molecular weight is 1350 g/mol. The smallest absolute Gasteiger partial charge is 0.246 e. The topological polar surface area (TPSA) is 421 Å². The predicted octanol–water partition coefficient (Wildman–Crippen LogP) is 0.448. The van der Waals surface area contributed by atoms with Crippen molar-refractivity contribution in [2.75, 3.05) is 26.2 Å². The SMILES string of the molecule is CCC(C)[C@H](N)C(=O)N[C@H](C(=O)N1CCC[C@H]1C(=O)N[C@@H](Cc1ccccc1)C(=O)N[C@@H](CC(C)C)C(=O)NCC(=O)N1CCC[C@H]1C(=O)N[C@@H](CC(C)C)C(=O)N[C@@H](CC(C)C)C(=O)NCC(=O)N[C@@H](CC(C)C)C(=O)N[C@@H](CC(C)C)C(=O)N[C@H](C(N)=O)C(C)O)C(C)C. The van der Waals surface area contributed by atoms with E-state index < -0.39 is 162 Å². The number of rotatable bonds is 39. The van der Waals surface area contributed by atoms with Gasteiger partial charge in [0.2, 0.25) is 76.8 Å². The first-order valence-corrected chi connectivity index (χ1v) is 34.3. The highest BCUT2D eigenvalue weighted by atomic mass is 16.3. The molecule has 0 radical (unpaired) electrons. The quantitative estimate of drug-likeness (QED) is 0.0426. The maximum Gasteiger partial charge on any atom is 0.246 e. The van der Waals surface area contributed by atoms with Crippen LogP contribution < -0.4 is 64.6 Å². The fourth-order valence-electron chi connectivity index (χ4n) is 11.6. The standard InChI is InChI=1S/C68H114N14O14/c1-16-42(14)55(69)67(95)79-56(41(12)13)68(96)82-27-21-25-52(82)66(94)78-50(33-44-22-18-17-19-23-44)63(91)75-46(29-37(4)5)60(88)72-35-54(85)81-26-20-24-51(81)65(93)77-48(31-39(8)9)62(90)74-45(28-36(2)3)59(87)71-34-53(84)73-47(30-38(6)7)61(89)76-49(32-40(10)11)64(92)80-57(43(15)83)58(70)86/h17-19,22-23,36-43,45-52,55-57,83H,16,20-21,24-35,69H2,1-15H3,(H2,70,86)(H,71,87)(H,72,88)(H,73,84)(H,74,90)(H,75,91)(H,76,89)(H,77,93)(H,78,94)(H,79,95)(H,80,92)/t42?,43?,45-,46-,47-,48-,49-,50-,51-,52-,55-,56-,57-/m0/s1. The van der Waals surface area contributed by atoms with E-state index in [4.69, 9.17) is 11.5 Å². The molecule has 2 saturated heterocycles. The van der Waals surface area contributed by atoms with Gasteiger partial charge in [0.1, 0.15) is 60.4 Å². The van der Waals surface area contributed by atoms with Crippen molar-refractivity contribution in [1.29, 1.82) is 0 Å². The van der Waals surface area contributed by atoms with Gasteiger partial charge >= 0.3 is 0 Å². The molecule has 0 bridgehead atoms. The Hall–Kier alpha value is -7.75. The zero-order valence-corrected chi connectivity index (χ0v) is 59.3. The first-order chi connectivity index (χ1) is 44.9. The van der Waals surface area contributed by atoms with Gasteiger partial charge in [-0.3, -0.25) is 62.3 Å². The van der Waals surface area contributed by atoms with Gasteiger partial charge in [-0.15, -0.1) is 0 Å². The molecule has 0 spiro atoms. The molecule has 13 atom stereocenters. The Bertz CT molecular complexity index is 2800. The van der Waals surface area contributed by atoms with Crippen molar-refractivity contribution < 1.29 is 67.4 Å². The minimum atomic E-state index is -1.43. The number of amides is 13. The van der Waals surface area contributed by atoms with Crippen molar-refractivity contribution in [3.8, 4) is 0 Å². The second-order valence-electron chi connectivity index (χ2n) is 28.4. The van der Waals surface area contributed by atoms with Crippen LogP contribution in [0.3, 0.4) is 0 Å². The molecule has 0 saturated carbocycles. The van der Waals surface area contributed by atoms with Crippen LogP contribution in [0.15, 0.2) is 30.3 Å². The molecule has 2 unspecified atom stereocenters. The molecule has 28 nitrogen and oxygen atoms in total. The number of carbonyl (C=O) groups excluding carboxylic acids is 13. The summed E-state index contributed by atoms with van der Waals surface area (Å²) in [6.07, 6.45) is 1.43. The summed E-state index contributed by atoms with van der Waals surface area (Å²) in [5, 5.41) is 36.9. The number of aliphatic hydroxyl groups is 1. The maximum absolute atomic E-state index is 14.5. The van der Waals surface area contributed by atoms with Crippen molar-refractivity contribution in [2.45, 2.75) is 247 Å². The summed E-state index contributed by atoms with van der Waals surface area (Å²) in [6, 6.07) is -3.44. The molecule has 13 amide bonds. The van der Waals surface area contributed by atoms with E-state index in [-0.39, 0.29) is 99.5 Å². The third kappa shape index (κ3) is 27.0. The monoisotopic (exact) mass is 1350 g/mol. The van der Waals surface area contributed by atoms with Gasteiger partial charge in [0.15, 0.2) is 0 Å². The van der Waals surface area contributed by atoms with E-state index >= 15 is 0 Å². The lowest BCUT2D eigenvalue weighted by Crippen LogP contribution is -2.60. The van der Waals surface area contributed by atoms with Gasteiger partial charge in [-0.25, -0.2) is 0 Å². The molecule has 0 aromatic heterocycles. The second-order valence-corrected chi connectivity index (χ2v) is 28.4. The molecule has 15 N–H and O–H groups in total. The third-order valence-corrected chi connectivity index (χ3v) is 17.1. The van der Waals surface area contributed by atoms with Crippen molar-refractivity contribution in [3.05, 3.63) is 35.9 Å². The molecular weight excluding hydrogens is 1240 g/mol. The molecule has 3 rings (SSSR count). The van der Waals surface area contributed by atoms with Gasteiger partial charge in [0.25, 0.3) is 0 Å². The molecule has 2 aliphatic heterocycles. The van der Waals surface area contributed by atoms with Crippen molar-refractivity contribution in [2.24, 2.45) is 52.9 Å². The van der Waals surface area contributed by atoms with Crippen molar-refractivity contribution in [3.63, 3.8) is 0 Å². The van der Waals surface area contributed by atoms with Crippen molar-refractivity contribution in [1.82, 2.24) is 63.0 Å². The highest BCUT2D eigenvalue weighted by Crippen LogP contribution is 2.23. The minimum Gasteiger partial charge on any atom is -0.391 e. The number of benzene rings is 1. The molecule has 96 heavy (non-hydrogen) atoms. The van der Waals surface area contributed by atoms with Crippen LogP contribution in [0, 0.1) is 41.4 Å². The van der Waals surface area contributed by atoms with E-state index in [0.29, 0.717) is 31.2 Å². The number of likely N-dealkylation sites (tertiary alicyclic amines) is 2. The van der Waals surface area contributed by atoms with Crippen LogP contribution in [0.2, 0.25) is 0 Å². The van der Waals surface area contributed by atoms with Crippen LogP contribution in [-0.4, -0.2) is 190 Å². The molecule has 28 heteroatoms. The number of primary amides is 1. The van der Waals surface area contributed by atoms with Crippen LogP contribution in [0.25, 0.3) is 0 Å². The van der Waals surface area contributed by atoms with E-state index in [2.05, 4.69) is 53.2 Å². The Morgan fingerprint density at radius 3 is 1.30 bits per heavy atom. The van der Waals surface area contributed by atoms with Crippen LogP contribution in [0.1, 0.15) is 174 Å². The lowest BCUT2D eigenvalue weighted by Gasteiger charge is -2.32. The lowest BCUT2D eigenvalue weighted by molar-refractivity contribution is -0.143. The first kappa shape index (κ1) is 82.5. The Labute approximate surface area is 567 Å². The fraction of sp³-hybridized carbons (Fsp3) is 0.721. The summed E-state index contributed by atoms with van der Waals surface area (Å²) in [4.78, 5) is 182. The molecule has 1 aromatic carbocycles. The summed E-state index contributed by atoms with van der Waals surface area (Å²) in [6.45, 7) is 26.1. The molecular formula is C68H114N14O14. The van der Waals surface area contributed by atoms with Crippen LogP contribution >= 0.6 is 0 Å². The largest absolute Gasteiger partial charge is 0.391 e. The second kappa shape index (κ2) is 40.1. The normalized spacial score (nSPS) is 18.2. The summed E-state index contributed by atoms with van der Waals surface area (Å²) in [5.74, 6) is -9.97. The highest BCUT2D eigenvalue weighted by molar-refractivity contribution is 5.99. The Morgan fingerprint density at radius 1 is 0.479 bits per heavy atom. The van der Waals surface area contributed by atoms with Gasteiger partial charge in [-0.1, -0.05) is 134 Å². The zero-order chi connectivity index (χ0) is 72.4. The number of nitrogens with two attached hydrogens (primary N) is 2. The van der Waals surface area contributed by atoms with E-state index in [0.717, 1.165) is 0 Å². The number of carbonyl (C=O) groups is 13. The summed E-state index contributed by atoms with van der Waals surface area (Å²) < 4.78 is 0. The summed E-state index contributed by atoms with van der Waals surface area (Å²) in [5.41, 5.74) is 12.3. The van der Waals surface area contributed by atoms with E-state index in [1.54, 1.807) is 44.2 Å². The Kier molecular flexibility index (Phi) is 34.4. The molecule has 2 aliphatic rings. The fourth-order valence-corrected chi connectivity index (χ4v) is 11.6. The maximum atomic E-state index is 14.5. The molecule has 2 heterocycles. The molecule has 1 aromatic rings. The Morgan fingerprint density at radius 2 is 0.865 bits per heavy atom. The van der Waals surface area contributed by atoms with Gasteiger partial charge in [0, 0.05) is 19.5 Å². The number of aliphatic hydroxyl groups excluding tert-OH is 1. The third-order valence-electron chi connectivity index (χ3n) is 17.1. The zero-order valence-electron chi connectivity index (χ0n) is 59.3. The minimum absolute atomic E-state index is 0.0192. The highest BCUT2D eigenvalue weighted by Gasteiger charge is 2.42. The van der Waals surface area contributed by atoms with Gasteiger partial charge < -0.3 is 79.5 Å². The number of hydrogen-bond donors (Lipinski definition) is 13.